The quantitative estimate of drug-likeness (QED) is 0.666. The van der Waals surface area contributed by atoms with Gasteiger partial charge in [0.05, 0.1) is 6.10 Å². The average Bonchev–Trinajstić information content (AvgIpc) is 1.99. The molecule has 0 saturated carbocycles. The molecule has 0 spiro atoms. The van der Waals surface area contributed by atoms with Crippen LogP contribution in [-0.2, 0) is 4.79 Å². The molecule has 1 N–H and O–H groups in total. The number of hydrogen-bond acceptors (Lipinski definition) is 2. The molecule has 0 bridgehead atoms. The Labute approximate surface area is 75.0 Å². The smallest absolute Gasteiger partial charge is 0.132 e. The van der Waals surface area contributed by atoms with Crippen molar-refractivity contribution in [2.24, 2.45) is 5.92 Å². The number of carbonyl (C=O) groups is 1. The highest BCUT2D eigenvalue weighted by atomic mass is 16.3. The maximum atomic E-state index is 10.6. The van der Waals surface area contributed by atoms with Gasteiger partial charge in [0.1, 0.15) is 5.78 Å². The van der Waals surface area contributed by atoms with Gasteiger partial charge in [0.2, 0.25) is 0 Å². The van der Waals surface area contributed by atoms with E-state index in [9.17, 15) is 9.90 Å². The Morgan fingerprint density at radius 2 is 2.00 bits per heavy atom. The lowest BCUT2D eigenvalue weighted by Crippen LogP contribution is -2.12. The average molecular weight is 172 g/mol. The third-order valence-electron chi connectivity index (χ3n) is 2.21. The van der Waals surface area contributed by atoms with E-state index in [-0.39, 0.29) is 5.78 Å². The highest BCUT2D eigenvalue weighted by Gasteiger charge is 2.08. The Morgan fingerprint density at radius 3 is 2.42 bits per heavy atom. The fourth-order valence-electron chi connectivity index (χ4n) is 1.11. The van der Waals surface area contributed by atoms with Gasteiger partial charge in [0.25, 0.3) is 0 Å². The summed E-state index contributed by atoms with van der Waals surface area (Å²) in [7, 11) is 0. The minimum atomic E-state index is -0.420. The molecule has 0 aromatic rings. The molecule has 0 saturated heterocycles. The fourth-order valence-corrected chi connectivity index (χ4v) is 1.11. The highest BCUT2D eigenvalue weighted by Crippen LogP contribution is 2.12. The minimum absolute atomic E-state index is 0.0756. The van der Waals surface area contributed by atoms with Crippen molar-refractivity contribution in [2.45, 2.75) is 52.6 Å². The molecule has 2 atom stereocenters. The van der Waals surface area contributed by atoms with Crippen molar-refractivity contribution in [1.82, 2.24) is 0 Å². The van der Waals surface area contributed by atoms with E-state index in [4.69, 9.17) is 0 Å². The second kappa shape index (κ2) is 6.18. The zero-order chi connectivity index (χ0) is 9.56. The normalized spacial score (nSPS) is 15.7. The topological polar surface area (TPSA) is 37.3 Å². The van der Waals surface area contributed by atoms with E-state index in [0.717, 1.165) is 19.3 Å². The molecule has 0 aliphatic heterocycles. The third-order valence-corrected chi connectivity index (χ3v) is 2.21. The van der Waals surface area contributed by atoms with Crippen LogP contribution in [0.3, 0.4) is 0 Å². The van der Waals surface area contributed by atoms with Gasteiger partial charge < -0.3 is 5.11 Å². The molecule has 12 heavy (non-hydrogen) atoms. The van der Waals surface area contributed by atoms with Gasteiger partial charge in [-0.05, 0) is 25.7 Å². The van der Waals surface area contributed by atoms with E-state index < -0.39 is 6.10 Å². The molecule has 0 aromatic heterocycles. The third kappa shape index (κ3) is 6.35. The molecule has 2 nitrogen and oxygen atoms in total. The zero-order valence-electron chi connectivity index (χ0n) is 8.34. The first kappa shape index (κ1) is 11.6. The second-order valence-electron chi connectivity index (χ2n) is 3.65. The van der Waals surface area contributed by atoms with Crippen LogP contribution in [0.1, 0.15) is 46.5 Å². The van der Waals surface area contributed by atoms with E-state index in [1.165, 1.54) is 6.92 Å². The maximum Gasteiger partial charge on any atom is 0.132 e. The molecule has 0 radical (unpaired) electrons. The number of aliphatic hydroxyl groups excluding tert-OH is 1. The first-order chi connectivity index (χ1) is 5.56. The minimum Gasteiger partial charge on any atom is -0.393 e. The monoisotopic (exact) mass is 172 g/mol. The molecule has 0 aliphatic rings. The Hall–Kier alpha value is -0.370. The van der Waals surface area contributed by atoms with E-state index >= 15 is 0 Å². The highest BCUT2D eigenvalue weighted by molar-refractivity contribution is 5.75. The Kier molecular flexibility index (Phi) is 5.99. The van der Waals surface area contributed by atoms with Gasteiger partial charge in [-0.3, -0.25) is 4.79 Å². The number of carbonyl (C=O) groups excluding carboxylic acids is 1. The molecular weight excluding hydrogens is 152 g/mol. The SMILES string of the molecule is CC[C@H](C)CC[C@@H](O)CC(C)=O. The molecule has 0 aromatic carbocycles. The van der Waals surface area contributed by atoms with Gasteiger partial charge in [-0.15, -0.1) is 0 Å². The van der Waals surface area contributed by atoms with Crippen molar-refractivity contribution in [2.75, 3.05) is 0 Å². The number of rotatable bonds is 6. The molecular formula is C10H20O2. The van der Waals surface area contributed by atoms with E-state index in [1.54, 1.807) is 0 Å². The lowest BCUT2D eigenvalue weighted by atomic mass is 9.99. The summed E-state index contributed by atoms with van der Waals surface area (Å²) in [5.74, 6) is 0.734. The maximum absolute atomic E-state index is 10.6. The molecule has 72 valence electrons. The van der Waals surface area contributed by atoms with Crippen LogP contribution in [0.25, 0.3) is 0 Å². The predicted octanol–water partition coefficient (Wildman–Crippen LogP) is 2.15. The van der Waals surface area contributed by atoms with Crippen LogP contribution in [0.2, 0.25) is 0 Å². The number of Topliss-reactive ketones (excluding diaryl/α,β-unsaturated/α-hetero) is 1. The molecule has 0 heterocycles. The summed E-state index contributed by atoms with van der Waals surface area (Å²) in [6.07, 6.45) is 2.82. The lowest BCUT2D eigenvalue weighted by Gasteiger charge is -2.11. The molecule has 0 amide bonds. The van der Waals surface area contributed by atoms with Gasteiger partial charge in [0, 0.05) is 6.42 Å². The molecule has 0 unspecified atom stereocenters. The molecule has 0 rings (SSSR count). The van der Waals surface area contributed by atoms with Crippen molar-refractivity contribution >= 4 is 5.78 Å². The summed E-state index contributed by atoms with van der Waals surface area (Å²) in [5, 5.41) is 9.34. The van der Waals surface area contributed by atoms with Crippen molar-refractivity contribution < 1.29 is 9.90 Å². The summed E-state index contributed by atoms with van der Waals surface area (Å²) in [5.41, 5.74) is 0. The van der Waals surface area contributed by atoms with Crippen molar-refractivity contribution in [3.63, 3.8) is 0 Å². The first-order valence-corrected chi connectivity index (χ1v) is 4.73. The van der Waals surface area contributed by atoms with Gasteiger partial charge in [-0.2, -0.15) is 0 Å². The Bertz CT molecular complexity index is 132. The van der Waals surface area contributed by atoms with Gasteiger partial charge in [-0.25, -0.2) is 0 Å². The fraction of sp³-hybridized carbons (Fsp3) is 0.900. The molecule has 2 heteroatoms. The van der Waals surface area contributed by atoms with Crippen LogP contribution in [0.15, 0.2) is 0 Å². The second-order valence-corrected chi connectivity index (χ2v) is 3.65. The summed E-state index contributed by atoms with van der Waals surface area (Å²) in [6, 6.07) is 0. The number of hydrogen-bond donors (Lipinski definition) is 1. The standard InChI is InChI=1S/C10H20O2/c1-4-8(2)5-6-10(12)7-9(3)11/h8,10,12H,4-7H2,1-3H3/t8-,10+/m0/s1. The number of aliphatic hydroxyl groups is 1. The van der Waals surface area contributed by atoms with Crippen LogP contribution < -0.4 is 0 Å². The van der Waals surface area contributed by atoms with Crippen molar-refractivity contribution in [3.05, 3.63) is 0 Å². The van der Waals surface area contributed by atoms with Crippen LogP contribution in [0, 0.1) is 5.92 Å². The van der Waals surface area contributed by atoms with Gasteiger partial charge in [0.15, 0.2) is 0 Å². The first-order valence-electron chi connectivity index (χ1n) is 4.73. The van der Waals surface area contributed by atoms with Crippen LogP contribution in [0.4, 0.5) is 0 Å². The largest absolute Gasteiger partial charge is 0.393 e. The summed E-state index contributed by atoms with van der Waals surface area (Å²) in [4.78, 5) is 10.6. The van der Waals surface area contributed by atoms with E-state index in [2.05, 4.69) is 13.8 Å². The Balaban J connectivity index is 3.43. The Morgan fingerprint density at radius 1 is 1.42 bits per heavy atom. The molecule has 0 aliphatic carbocycles. The van der Waals surface area contributed by atoms with Crippen LogP contribution in [-0.4, -0.2) is 17.0 Å². The van der Waals surface area contributed by atoms with Crippen molar-refractivity contribution in [3.8, 4) is 0 Å². The predicted molar refractivity (Wildman–Crippen MR) is 50.0 cm³/mol. The van der Waals surface area contributed by atoms with Crippen molar-refractivity contribution in [1.29, 1.82) is 0 Å². The van der Waals surface area contributed by atoms with Crippen LogP contribution in [0.5, 0.6) is 0 Å². The number of ketones is 1. The van der Waals surface area contributed by atoms with Crippen LogP contribution >= 0.6 is 0 Å². The molecule has 0 fully saturated rings. The van der Waals surface area contributed by atoms with E-state index in [0.29, 0.717) is 12.3 Å². The van der Waals surface area contributed by atoms with E-state index in [1.807, 2.05) is 0 Å². The van der Waals surface area contributed by atoms with Gasteiger partial charge in [-0.1, -0.05) is 20.3 Å². The summed E-state index contributed by atoms with van der Waals surface area (Å²) >= 11 is 0. The lowest BCUT2D eigenvalue weighted by molar-refractivity contribution is -0.118. The summed E-state index contributed by atoms with van der Waals surface area (Å²) in [6.45, 7) is 5.83. The van der Waals surface area contributed by atoms with Gasteiger partial charge >= 0.3 is 0 Å². The zero-order valence-corrected chi connectivity index (χ0v) is 8.34. The summed E-state index contributed by atoms with van der Waals surface area (Å²) < 4.78 is 0.